The van der Waals surface area contributed by atoms with E-state index in [2.05, 4.69) is 31.3 Å². The highest BCUT2D eigenvalue weighted by Crippen LogP contribution is 2.29. The molecule has 1 aliphatic rings. The Bertz CT molecular complexity index is 436. The summed E-state index contributed by atoms with van der Waals surface area (Å²) in [7, 11) is 0. The normalized spacial score (nSPS) is 23.1. The van der Waals surface area contributed by atoms with Gasteiger partial charge in [-0.1, -0.05) is 12.1 Å². The van der Waals surface area contributed by atoms with Crippen LogP contribution >= 0.6 is 0 Å². The second-order valence-corrected chi connectivity index (χ2v) is 5.38. The summed E-state index contributed by atoms with van der Waals surface area (Å²) < 4.78 is 0. The number of nitrogens with one attached hydrogen (secondary N) is 1. The molecule has 98 valence electrons. The van der Waals surface area contributed by atoms with E-state index in [0.29, 0.717) is 0 Å². The Kier molecular flexibility index (Phi) is 3.71. The summed E-state index contributed by atoms with van der Waals surface area (Å²) >= 11 is 0. The van der Waals surface area contributed by atoms with Gasteiger partial charge in [-0.25, -0.2) is 0 Å². The van der Waals surface area contributed by atoms with E-state index < -0.39 is 0 Å². The number of amides is 1. The van der Waals surface area contributed by atoms with Crippen LogP contribution in [0.15, 0.2) is 24.3 Å². The molecule has 1 saturated heterocycles. The second kappa shape index (κ2) is 5.11. The molecule has 1 N–H and O–H groups in total. The number of rotatable bonds is 3. The minimum Gasteiger partial charge on any atom is -0.316 e. The monoisotopic (exact) mass is 246 g/mol. The Morgan fingerprint density at radius 2 is 2.28 bits per heavy atom. The molecule has 1 fully saturated rings. The number of benzene rings is 1. The predicted octanol–water partition coefficient (Wildman–Crippen LogP) is 2.35. The van der Waals surface area contributed by atoms with E-state index in [0.717, 1.165) is 31.7 Å². The first kappa shape index (κ1) is 13.1. The van der Waals surface area contributed by atoms with Crippen molar-refractivity contribution in [2.45, 2.75) is 27.2 Å². The largest absolute Gasteiger partial charge is 0.316 e. The minimum absolute atomic E-state index is 0.237. The standard InChI is InChI=1S/C15H22N2O/c1-4-17(13-7-5-6-12(2)10-13)14(18)15(3)8-9-16-11-15/h5-7,10,16H,4,8-9,11H2,1-3H3. The molecule has 0 spiro atoms. The van der Waals surface area contributed by atoms with Gasteiger partial charge in [0.2, 0.25) is 5.91 Å². The average Bonchev–Trinajstić information content (AvgIpc) is 2.78. The van der Waals surface area contributed by atoms with E-state index in [4.69, 9.17) is 0 Å². The Balaban J connectivity index is 2.26. The van der Waals surface area contributed by atoms with Gasteiger partial charge in [0, 0.05) is 18.8 Å². The number of anilines is 1. The molecule has 1 aliphatic heterocycles. The molecular weight excluding hydrogens is 224 g/mol. The quantitative estimate of drug-likeness (QED) is 0.888. The number of nitrogens with zero attached hydrogens (tertiary/aromatic N) is 1. The molecule has 0 saturated carbocycles. The topological polar surface area (TPSA) is 32.3 Å². The molecule has 1 unspecified atom stereocenters. The molecule has 0 bridgehead atoms. The van der Waals surface area contributed by atoms with Gasteiger partial charge in [0.15, 0.2) is 0 Å². The summed E-state index contributed by atoms with van der Waals surface area (Å²) in [5.74, 6) is 0.237. The van der Waals surface area contributed by atoms with Crippen LogP contribution in [0.4, 0.5) is 5.69 Å². The van der Waals surface area contributed by atoms with Gasteiger partial charge < -0.3 is 10.2 Å². The highest BCUT2D eigenvalue weighted by molar-refractivity contribution is 5.97. The van der Waals surface area contributed by atoms with Crippen molar-refractivity contribution < 1.29 is 4.79 Å². The molecule has 1 atom stereocenters. The Morgan fingerprint density at radius 3 is 2.83 bits per heavy atom. The van der Waals surface area contributed by atoms with Gasteiger partial charge in [-0.2, -0.15) is 0 Å². The van der Waals surface area contributed by atoms with Crippen molar-refractivity contribution in [3.05, 3.63) is 29.8 Å². The fourth-order valence-electron chi connectivity index (χ4n) is 2.56. The van der Waals surface area contributed by atoms with Crippen LogP contribution in [0.5, 0.6) is 0 Å². The minimum atomic E-state index is -0.250. The van der Waals surface area contributed by atoms with E-state index in [1.54, 1.807) is 0 Å². The molecule has 0 aliphatic carbocycles. The Morgan fingerprint density at radius 1 is 1.50 bits per heavy atom. The van der Waals surface area contributed by atoms with Gasteiger partial charge in [-0.3, -0.25) is 4.79 Å². The van der Waals surface area contributed by atoms with Crippen molar-refractivity contribution in [3.8, 4) is 0 Å². The lowest BCUT2D eigenvalue weighted by molar-refractivity contribution is -0.126. The number of aryl methyl sites for hydroxylation is 1. The summed E-state index contributed by atoms with van der Waals surface area (Å²) in [4.78, 5) is 14.6. The van der Waals surface area contributed by atoms with Gasteiger partial charge in [0.1, 0.15) is 0 Å². The molecule has 1 aromatic carbocycles. The Hall–Kier alpha value is -1.35. The third kappa shape index (κ3) is 2.41. The molecule has 1 amide bonds. The first-order valence-electron chi connectivity index (χ1n) is 6.66. The SMILES string of the molecule is CCN(C(=O)C1(C)CCNC1)c1cccc(C)c1. The number of carbonyl (C=O) groups excluding carboxylic acids is 1. The van der Waals surface area contributed by atoms with Crippen LogP contribution in [0.25, 0.3) is 0 Å². The smallest absolute Gasteiger partial charge is 0.234 e. The summed E-state index contributed by atoms with van der Waals surface area (Å²) in [6.45, 7) is 8.60. The molecule has 18 heavy (non-hydrogen) atoms. The van der Waals surface area contributed by atoms with E-state index in [1.807, 2.05) is 24.0 Å². The zero-order valence-electron chi connectivity index (χ0n) is 11.5. The second-order valence-electron chi connectivity index (χ2n) is 5.38. The molecule has 2 rings (SSSR count). The van der Waals surface area contributed by atoms with Crippen molar-refractivity contribution in [1.29, 1.82) is 0 Å². The first-order chi connectivity index (χ1) is 8.57. The van der Waals surface area contributed by atoms with E-state index in [1.165, 1.54) is 5.56 Å². The summed E-state index contributed by atoms with van der Waals surface area (Å²) in [6.07, 6.45) is 0.925. The zero-order valence-corrected chi connectivity index (χ0v) is 11.5. The fraction of sp³-hybridized carbons (Fsp3) is 0.533. The third-order valence-corrected chi connectivity index (χ3v) is 3.76. The summed E-state index contributed by atoms with van der Waals surface area (Å²) in [6, 6.07) is 8.16. The van der Waals surface area contributed by atoms with Crippen molar-refractivity contribution in [1.82, 2.24) is 5.32 Å². The molecule has 0 radical (unpaired) electrons. The summed E-state index contributed by atoms with van der Waals surface area (Å²) in [5.41, 5.74) is 1.95. The molecule has 1 heterocycles. The molecular formula is C15H22N2O. The van der Waals surface area contributed by atoms with Crippen LogP contribution in [-0.2, 0) is 4.79 Å². The highest BCUT2D eigenvalue weighted by atomic mass is 16.2. The maximum absolute atomic E-state index is 12.7. The lowest BCUT2D eigenvalue weighted by Gasteiger charge is -2.30. The van der Waals surface area contributed by atoms with Crippen LogP contribution in [0.2, 0.25) is 0 Å². The van der Waals surface area contributed by atoms with E-state index in [9.17, 15) is 4.79 Å². The van der Waals surface area contributed by atoms with Crippen LogP contribution in [0.3, 0.4) is 0 Å². The maximum atomic E-state index is 12.7. The van der Waals surface area contributed by atoms with Gasteiger partial charge >= 0.3 is 0 Å². The lowest BCUT2D eigenvalue weighted by Crippen LogP contribution is -2.43. The number of hydrogen-bond donors (Lipinski definition) is 1. The first-order valence-corrected chi connectivity index (χ1v) is 6.66. The van der Waals surface area contributed by atoms with Crippen LogP contribution in [0.1, 0.15) is 25.8 Å². The van der Waals surface area contributed by atoms with Crippen LogP contribution in [0, 0.1) is 12.3 Å². The van der Waals surface area contributed by atoms with Gasteiger partial charge in [-0.15, -0.1) is 0 Å². The third-order valence-electron chi connectivity index (χ3n) is 3.76. The highest BCUT2D eigenvalue weighted by Gasteiger charge is 2.39. The van der Waals surface area contributed by atoms with Gasteiger partial charge in [0.05, 0.1) is 5.41 Å². The fourth-order valence-corrected chi connectivity index (χ4v) is 2.56. The van der Waals surface area contributed by atoms with Gasteiger partial charge in [-0.05, 0) is 51.4 Å². The van der Waals surface area contributed by atoms with Crippen molar-refractivity contribution in [3.63, 3.8) is 0 Å². The van der Waals surface area contributed by atoms with Crippen molar-refractivity contribution in [2.75, 3.05) is 24.5 Å². The summed E-state index contributed by atoms with van der Waals surface area (Å²) in [5, 5.41) is 3.29. The van der Waals surface area contributed by atoms with E-state index >= 15 is 0 Å². The van der Waals surface area contributed by atoms with Gasteiger partial charge in [0.25, 0.3) is 0 Å². The molecule has 0 aromatic heterocycles. The lowest BCUT2D eigenvalue weighted by atomic mass is 9.88. The molecule has 3 heteroatoms. The number of hydrogen-bond acceptors (Lipinski definition) is 2. The molecule has 3 nitrogen and oxygen atoms in total. The molecule has 1 aromatic rings. The maximum Gasteiger partial charge on any atom is 0.234 e. The van der Waals surface area contributed by atoms with Crippen molar-refractivity contribution >= 4 is 11.6 Å². The number of carbonyl (C=O) groups is 1. The van der Waals surface area contributed by atoms with E-state index in [-0.39, 0.29) is 11.3 Å². The average molecular weight is 246 g/mol. The van der Waals surface area contributed by atoms with Crippen LogP contribution < -0.4 is 10.2 Å². The predicted molar refractivity (Wildman–Crippen MR) is 74.8 cm³/mol. The van der Waals surface area contributed by atoms with Crippen LogP contribution in [-0.4, -0.2) is 25.5 Å². The van der Waals surface area contributed by atoms with Crippen molar-refractivity contribution in [2.24, 2.45) is 5.41 Å². The zero-order chi connectivity index (χ0) is 13.2. The Labute approximate surface area is 109 Å².